The van der Waals surface area contributed by atoms with Gasteiger partial charge in [-0.15, -0.1) is 11.6 Å². The molecule has 0 fully saturated rings. The fourth-order valence-corrected chi connectivity index (χ4v) is 1.79. The molecular weight excluding hydrogens is 247 g/mol. The number of amides is 1. The highest BCUT2D eigenvalue weighted by molar-refractivity contribution is 6.33. The van der Waals surface area contributed by atoms with Crippen molar-refractivity contribution in [3.8, 4) is 0 Å². The van der Waals surface area contributed by atoms with E-state index in [1.165, 1.54) is 6.20 Å². The van der Waals surface area contributed by atoms with Gasteiger partial charge in [0.2, 0.25) is 0 Å². The molecule has 0 aliphatic carbocycles. The van der Waals surface area contributed by atoms with Crippen molar-refractivity contribution < 1.29 is 4.79 Å². The van der Waals surface area contributed by atoms with Crippen LogP contribution in [0.3, 0.4) is 0 Å². The van der Waals surface area contributed by atoms with E-state index < -0.39 is 0 Å². The Morgan fingerprint density at radius 3 is 3.00 bits per heavy atom. The Hall–Kier alpha value is -0.800. The zero-order valence-corrected chi connectivity index (χ0v) is 10.6. The Morgan fingerprint density at radius 2 is 2.38 bits per heavy atom. The molecule has 0 radical (unpaired) electrons. The summed E-state index contributed by atoms with van der Waals surface area (Å²) < 4.78 is 0. The molecule has 1 unspecified atom stereocenters. The molecule has 88 valence electrons. The first-order chi connectivity index (χ1) is 7.65. The lowest BCUT2D eigenvalue weighted by molar-refractivity contribution is 0.0948. The Labute approximate surface area is 105 Å². The van der Waals surface area contributed by atoms with Crippen LogP contribution in [0.5, 0.6) is 0 Å². The Bertz CT molecular complexity index is 358. The molecule has 0 bridgehead atoms. The maximum absolute atomic E-state index is 11.7. The second-order valence-electron chi connectivity index (χ2n) is 3.65. The zero-order valence-electron chi connectivity index (χ0n) is 9.04. The predicted molar refractivity (Wildman–Crippen MR) is 66.1 cm³/mol. The van der Waals surface area contributed by atoms with Gasteiger partial charge in [0.1, 0.15) is 0 Å². The van der Waals surface area contributed by atoms with Gasteiger partial charge in [-0.1, -0.05) is 18.5 Å². The maximum atomic E-state index is 11.7. The Balaban J connectivity index is 2.50. The molecule has 1 heterocycles. The molecule has 1 aromatic heterocycles. The number of halogens is 2. The first kappa shape index (κ1) is 13.3. The topological polar surface area (TPSA) is 42.0 Å². The highest BCUT2D eigenvalue weighted by Gasteiger charge is 2.10. The van der Waals surface area contributed by atoms with Crippen LogP contribution in [-0.4, -0.2) is 23.3 Å². The van der Waals surface area contributed by atoms with Crippen molar-refractivity contribution in [2.75, 3.05) is 12.4 Å². The number of carbonyl (C=O) groups excluding carboxylic acids is 1. The van der Waals surface area contributed by atoms with Gasteiger partial charge >= 0.3 is 0 Å². The molecule has 0 aliphatic heterocycles. The molecule has 1 N–H and O–H groups in total. The van der Waals surface area contributed by atoms with E-state index in [9.17, 15) is 4.79 Å². The summed E-state index contributed by atoms with van der Waals surface area (Å²) in [6.07, 6.45) is 3.88. The van der Waals surface area contributed by atoms with Crippen LogP contribution in [0, 0.1) is 5.92 Å². The van der Waals surface area contributed by atoms with Crippen molar-refractivity contribution in [1.29, 1.82) is 0 Å². The monoisotopic (exact) mass is 260 g/mol. The van der Waals surface area contributed by atoms with Crippen molar-refractivity contribution in [3.05, 3.63) is 29.0 Å². The van der Waals surface area contributed by atoms with Gasteiger partial charge in [0.25, 0.3) is 5.91 Å². The number of aromatic nitrogens is 1. The lowest BCUT2D eigenvalue weighted by Gasteiger charge is -2.11. The van der Waals surface area contributed by atoms with E-state index in [-0.39, 0.29) is 5.91 Å². The second kappa shape index (κ2) is 6.71. The van der Waals surface area contributed by atoms with Crippen LogP contribution in [0.25, 0.3) is 0 Å². The molecule has 3 nitrogen and oxygen atoms in total. The first-order valence-electron chi connectivity index (χ1n) is 5.08. The first-order valence-corrected chi connectivity index (χ1v) is 6.00. The molecule has 1 rings (SSSR count). The number of rotatable bonds is 5. The largest absolute Gasteiger partial charge is 0.352 e. The molecular formula is C11H14Cl2N2O. The highest BCUT2D eigenvalue weighted by atomic mass is 35.5. The normalized spacial score (nSPS) is 12.2. The number of nitrogens with one attached hydrogen (secondary N) is 1. The summed E-state index contributed by atoms with van der Waals surface area (Å²) in [5.74, 6) is 0.795. The summed E-state index contributed by atoms with van der Waals surface area (Å²) in [6, 6.07) is 1.60. The van der Waals surface area contributed by atoms with Crippen molar-refractivity contribution in [2.45, 2.75) is 13.3 Å². The molecule has 1 aromatic rings. The third-order valence-corrected chi connectivity index (χ3v) is 2.75. The average molecular weight is 261 g/mol. The SMILES string of the molecule is CC(CCCl)CNC(=O)c1ccncc1Cl. The van der Waals surface area contributed by atoms with Gasteiger partial charge in [-0.3, -0.25) is 9.78 Å². The van der Waals surface area contributed by atoms with E-state index >= 15 is 0 Å². The van der Waals surface area contributed by atoms with Gasteiger partial charge in [0.15, 0.2) is 0 Å². The van der Waals surface area contributed by atoms with E-state index in [0.717, 1.165) is 6.42 Å². The van der Waals surface area contributed by atoms with E-state index in [2.05, 4.69) is 10.3 Å². The molecule has 0 aromatic carbocycles. The lowest BCUT2D eigenvalue weighted by Crippen LogP contribution is -2.28. The molecule has 0 saturated carbocycles. The van der Waals surface area contributed by atoms with E-state index in [4.69, 9.17) is 23.2 Å². The fraction of sp³-hybridized carbons (Fsp3) is 0.455. The van der Waals surface area contributed by atoms with Crippen LogP contribution in [0.2, 0.25) is 5.02 Å². The molecule has 1 amide bonds. The Kier molecular flexibility index (Phi) is 5.56. The highest BCUT2D eigenvalue weighted by Crippen LogP contribution is 2.13. The molecule has 0 spiro atoms. The van der Waals surface area contributed by atoms with Gasteiger partial charge < -0.3 is 5.32 Å². The third-order valence-electron chi connectivity index (χ3n) is 2.23. The standard InChI is InChI=1S/C11H14Cl2N2O/c1-8(2-4-12)6-15-11(16)9-3-5-14-7-10(9)13/h3,5,7-8H,2,4,6H2,1H3,(H,15,16). The maximum Gasteiger partial charge on any atom is 0.252 e. The predicted octanol–water partition coefficient (Wildman–Crippen LogP) is 2.73. The van der Waals surface area contributed by atoms with Crippen molar-refractivity contribution in [2.24, 2.45) is 5.92 Å². The molecule has 0 aliphatic rings. The number of alkyl halides is 1. The minimum absolute atomic E-state index is 0.172. The second-order valence-corrected chi connectivity index (χ2v) is 4.43. The van der Waals surface area contributed by atoms with Crippen LogP contribution in [0.15, 0.2) is 18.5 Å². The lowest BCUT2D eigenvalue weighted by atomic mass is 10.1. The summed E-state index contributed by atoms with van der Waals surface area (Å²) >= 11 is 11.5. The summed E-state index contributed by atoms with van der Waals surface area (Å²) in [4.78, 5) is 15.5. The molecule has 5 heteroatoms. The Morgan fingerprint density at radius 1 is 1.62 bits per heavy atom. The summed E-state index contributed by atoms with van der Waals surface area (Å²) in [6.45, 7) is 2.64. The van der Waals surface area contributed by atoms with Crippen LogP contribution in [0.4, 0.5) is 0 Å². The summed E-state index contributed by atoms with van der Waals surface area (Å²) in [7, 11) is 0. The van der Waals surface area contributed by atoms with E-state index in [1.807, 2.05) is 6.92 Å². The van der Waals surface area contributed by atoms with Gasteiger partial charge in [-0.25, -0.2) is 0 Å². The summed E-state index contributed by atoms with van der Waals surface area (Å²) in [5, 5.41) is 3.18. The van der Waals surface area contributed by atoms with Crippen LogP contribution in [-0.2, 0) is 0 Å². The van der Waals surface area contributed by atoms with E-state index in [1.54, 1.807) is 12.3 Å². The number of nitrogens with zero attached hydrogens (tertiary/aromatic N) is 1. The smallest absolute Gasteiger partial charge is 0.252 e. The average Bonchev–Trinajstić information content (AvgIpc) is 2.27. The third kappa shape index (κ3) is 3.99. The number of pyridine rings is 1. The molecule has 16 heavy (non-hydrogen) atoms. The minimum Gasteiger partial charge on any atom is -0.352 e. The van der Waals surface area contributed by atoms with Crippen molar-refractivity contribution in [1.82, 2.24) is 10.3 Å². The number of carbonyl (C=O) groups is 1. The molecule has 1 atom stereocenters. The minimum atomic E-state index is -0.172. The van der Waals surface area contributed by atoms with Gasteiger partial charge in [-0.05, 0) is 18.4 Å². The zero-order chi connectivity index (χ0) is 12.0. The fourth-order valence-electron chi connectivity index (χ4n) is 1.21. The van der Waals surface area contributed by atoms with E-state index in [0.29, 0.717) is 28.9 Å². The van der Waals surface area contributed by atoms with Crippen LogP contribution >= 0.6 is 23.2 Å². The van der Waals surface area contributed by atoms with Gasteiger partial charge in [0, 0.05) is 24.8 Å². The van der Waals surface area contributed by atoms with Gasteiger partial charge in [0.05, 0.1) is 10.6 Å². The number of hydrogen-bond acceptors (Lipinski definition) is 2. The van der Waals surface area contributed by atoms with Crippen molar-refractivity contribution in [3.63, 3.8) is 0 Å². The quantitative estimate of drug-likeness (QED) is 0.828. The van der Waals surface area contributed by atoms with Crippen LogP contribution in [0.1, 0.15) is 23.7 Å². The summed E-state index contributed by atoms with van der Waals surface area (Å²) in [5.41, 5.74) is 0.453. The van der Waals surface area contributed by atoms with Gasteiger partial charge in [-0.2, -0.15) is 0 Å². The number of hydrogen-bond donors (Lipinski definition) is 1. The van der Waals surface area contributed by atoms with Crippen molar-refractivity contribution >= 4 is 29.1 Å². The molecule has 0 saturated heterocycles. The van der Waals surface area contributed by atoms with Crippen LogP contribution < -0.4 is 5.32 Å².